The number of nitrogens with zero attached hydrogens (tertiary/aromatic N) is 2. The van der Waals surface area contributed by atoms with E-state index in [1.165, 1.54) is 48.1 Å². The summed E-state index contributed by atoms with van der Waals surface area (Å²) in [6.45, 7) is 1.32. The highest BCUT2D eigenvalue weighted by Crippen LogP contribution is 2.44. The molecule has 1 N–H and O–H groups in total. The van der Waals surface area contributed by atoms with Crippen LogP contribution in [0.4, 0.5) is 0 Å². The summed E-state index contributed by atoms with van der Waals surface area (Å²) in [6, 6.07) is 13.6. The molecule has 0 bridgehead atoms. The van der Waals surface area contributed by atoms with Crippen molar-refractivity contribution in [1.29, 1.82) is 0 Å². The standard InChI is InChI=1S/C27H30N2O3S/c30-27(31)20-15-29(16-20)23-7-4-8-25-21(23)13-26(33-25)24-14-22(28-32-24)19-11-9-18(10-12-19)17-5-2-1-3-6-17/h9-14,17,20,23H,1-8,15-16H2,(H,30,31). The summed E-state index contributed by atoms with van der Waals surface area (Å²) >= 11 is 1.80. The highest BCUT2D eigenvalue weighted by Gasteiger charge is 2.39. The molecule has 172 valence electrons. The van der Waals surface area contributed by atoms with Crippen molar-refractivity contribution in [3.8, 4) is 21.9 Å². The van der Waals surface area contributed by atoms with Gasteiger partial charge < -0.3 is 9.63 Å². The molecule has 6 rings (SSSR count). The fraction of sp³-hybridized carbons (Fsp3) is 0.481. The molecule has 33 heavy (non-hydrogen) atoms. The molecule has 0 radical (unpaired) electrons. The van der Waals surface area contributed by atoms with Crippen LogP contribution in [0.1, 0.15) is 72.9 Å². The smallest absolute Gasteiger partial charge is 0.309 e. The Hall–Kier alpha value is -2.44. The predicted octanol–water partition coefficient (Wildman–Crippen LogP) is 6.51. The van der Waals surface area contributed by atoms with Gasteiger partial charge in [0.15, 0.2) is 5.76 Å². The van der Waals surface area contributed by atoms with E-state index in [9.17, 15) is 9.90 Å². The van der Waals surface area contributed by atoms with Gasteiger partial charge in [-0.15, -0.1) is 11.3 Å². The van der Waals surface area contributed by atoms with Gasteiger partial charge in [0.1, 0.15) is 5.69 Å². The summed E-state index contributed by atoms with van der Waals surface area (Å²) in [5.74, 6) is 0.652. The van der Waals surface area contributed by atoms with E-state index in [1.807, 2.05) is 0 Å². The molecule has 1 saturated carbocycles. The first-order valence-corrected chi connectivity index (χ1v) is 13.1. The van der Waals surface area contributed by atoms with Crippen molar-refractivity contribution < 1.29 is 14.4 Å². The molecular weight excluding hydrogens is 432 g/mol. The SMILES string of the molecule is O=C(O)C1CN(C2CCCc3sc(-c4cc(-c5ccc(C6CCCCC6)cc5)no4)cc32)C1. The largest absolute Gasteiger partial charge is 0.481 e. The number of hydrogen-bond acceptors (Lipinski definition) is 5. The zero-order valence-electron chi connectivity index (χ0n) is 18.8. The first-order valence-electron chi connectivity index (χ1n) is 12.3. The van der Waals surface area contributed by atoms with Gasteiger partial charge in [0.25, 0.3) is 0 Å². The number of benzene rings is 1. The summed E-state index contributed by atoms with van der Waals surface area (Å²) in [6.07, 6.45) is 10.1. The zero-order chi connectivity index (χ0) is 22.4. The van der Waals surface area contributed by atoms with Gasteiger partial charge in [0.05, 0.1) is 10.8 Å². The number of aryl methyl sites for hydroxylation is 1. The van der Waals surface area contributed by atoms with Crippen molar-refractivity contribution in [1.82, 2.24) is 10.1 Å². The highest BCUT2D eigenvalue weighted by molar-refractivity contribution is 7.15. The summed E-state index contributed by atoms with van der Waals surface area (Å²) in [7, 11) is 0. The summed E-state index contributed by atoms with van der Waals surface area (Å²) in [4.78, 5) is 16.1. The van der Waals surface area contributed by atoms with E-state index in [-0.39, 0.29) is 5.92 Å². The maximum absolute atomic E-state index is 11.2. The molecule has 0 spiro atoms. The molecule has 1 aliphatic heterocycles. The molecular formula is C27H30N2O3S. The lowest BCUT2D eigenvalue weighted by molar-refractivity contribution is -0.149. The Morgan fingerprint density at radius 2 is 1.82 bits per heavy atom. The summed E-state index contributed by atoms with van der Waals surface area (Å²) in [5.41, 5.74) is 4.80. The van der Waals surface area contributed by atoms with Crippen LogP contribution in [0.3, 0.4) is 0 Å². The third-order valence-corrected chi connectivity index (χ3v) is 9.04. The molecule has 1 atom stereocenters. The molecule has 3 aliphatic rings. The highest BCUT2D eigenvalue weighted by atomic mass is 32.1. The second kappa shape index (κ2) is 8.73. The first kappa shape index (κ1) is 21.1. The summed E-state index contributed by atoms with van der Waals surface area (Å²) < 4.78 is 5.78. The second-order valence-corrected chi connectivity index (χ2v) is 11.1. The average Bonchev–Trinajstić information content (AvgIpc) is 3.46. The number of carbonyl (C=O) groups is 1. The molecule has 1 unspecified atom stereocenters. The number of rotatable bonds is 5. The van der Waals surface area contributed by atoms with Crippen LogP contribution in [0.5, 0.6) is 0 Å². The lowest BCUT2D eigenvalue weighted by Crippen LogP contribution is -2.52. The van der Waals surface area contributed by atoms with Crippen LogP contribution >= 0.6 is 11.3 Å². The summed E-state index contributed by atoms with van der Waals surface area (Å²) in [5, 5.41) is 13.6. The Morgan fingerprint density at radius 1 is 1.03 bits per heavy atom. The molecule has 2 aliphatic carbocycles. The van der Waals surface area contributed by atoms with Gasteiger partial charge in [-0.2, -0.15) is 0 Å². The lowest BCUT2D eigenvalue weighted by Gasteiger charge is -2.44. The van der Waals surface area contributed by atoms with Crippen LogP contribution in [0, 0.1) is 5.92 Å². The van der Waals surface area contributed by atoms with E-state index in [1.54, 1.807) is 11.3 Å². The van der Waals surface area contributed by atoms with E-state index in [0.29, 0.717) is 25.0 Å². The van der Waals surface area contributed by atoms with Gasteiger partial charge in [-0.3, -0.25) is 9.69 Å². The normalized spacial score (nSPS) is 22.1. The molecule has 2 fully saturated rings. The Balaban J connectivity index is 1.19. The van der Waals surface area contributed by atoms with Gasteiger partial charge in [-0.25, -0.2) is 0 Å². The average molecular weight is 463 g/mol. The van der Waals surface area contributed by atoms with Gasteiger partial charge in [0, 0.05) is 35.6 Å². The number of thiophene rings is 1. The van der Waals surface area contributed by atoms with Crippen LogP contribution in [-0.4, -0.2) is 34.2 Å². The van der Waals surface area contributed by atoms with E-state index in [2.05, 4.69) is 46.5 Å². The third-order valence-electron chi connectivity index (χ3n) is 7.82. The Kier molecular flexibility index (Phi) is 5.59. The number of fused-ring (bicyclic) bond motifs is 1. The Morgan fingerprint density at radius 3 is 2.58 bits per heavy atom. The van der Waals surface area contributed by atoms with Crippen molar-refractivity contribution in [3.63, 3.8) is 0 Å². The number of carboxylic acids is 1. The fourth-order valence-electron chi connectivity index (χ4n) is 5.85. The Labute approximate surface area is 198 Å². The molecule has 2 aromatic heterocycles. The van der Waals surface area contributed by atoms with Crippen molar-refractivity contribution in [2.24, 2.45) is 5.92 Å². The molecule has 0 amide bonds. The maximum atomic E-state index is 11.2. The van der Waals surface area contributed by atoms with Crippen molar-refractivity contribution in [2.75, 3.05) is 13.1 Å². The van der Waals surface area contributed by atoms with Crippen LogP contribution in [0.15, 0.2) is 40.9 Å². The minimum atomic E-state index is -0.672. The topological polar surface area (TPSA) is 66.6 Å². The maximum Gasteiger partial charge on any atom is 0.309 e. The molecule has 3 heterocycles. The molecule has 6 heteroatoms. The van der Waals surface area contributed by atoms with E-state index >= 15 is 0 Å². The first-order chi connectivity index (χ1) is 16.2. The van der Waals surface area contributed by atoms with E-state index < -0.39 is 5.97 Å². The van der Waals surface area contributed by atoms with Crippen LogP contribution < -0.4 is 0 Å². The fourth-order valence-corrected chi connectivity index (χ4v) is 7.05. The van der Waals surface area contributed by atoms with Crippen LogP contribution in [0.2, 0.25) is 0 Å². The van der Waals surface area contributed by atoms with E-state index in [0.717, 1.165) is 41.2 Å². The molecule has 1 saturated heterocycles. The second-order valence-electron chi connectivity index (χ2n) is 9.92. The lowest BCUT2D eigenvalue weighted by atomic mass is 9.84. The quantitative estimate of drug-likeness (QED) is 0.468. The van der Waals surface area contributed by atoms with Crippen LogP contribution in [-0.2, 0) is 11.2 Å². The Bertz CT molecular complexity index is 1140. The van der Waals surface area contributed by atoms with E-state index in [4.69, 9.17) is 4.52 Å². The zero-order valence-corrected chi connectivity index (χ0v) is 19.7. The minimum Gasteiger partial charge on any atom is -0.481 e. The van der Waals surface area contributed by atoms with Gasteiger partial charge in [0.2, 0.25) is 0 Å². The third kappa shape index (κ3) is 4.04. The number of likely N-dealkylation sites (tertiary alicyclic amines) is 1. The predicted molar refractivity (Wildman–Crippen MR) is 129 cm³/mol. The van der Waals surface area contributed by atoms with Crippen molar-refractivity contribution >= 4 is 17.3 Å². The van der Waals surface area contributed by atoms with Crippen LogP contribution in [0.25, 0.3) is 21.9 Å². The minimum absolute atomic E-state index is 0.213. The van der Waals surface area contributed by atoms with Gasteiger partial charge >= 0.3 is 5.97 Å². The number of hydrogen-bond donors (Lipinski definition) is 1. The number of aliphatic carboxylic acids is 1. The number of carboxylic acid groups (broad SMARTS) is 1. The molecule has 5 nitrogen and oxygen atoms in total. The molecule has 1 aromatic carbocycles. The van der Waals surface area contributed by atoms with Gasteiger partial charge in [-0.05, 0) is 55.2 Å². The van der Waals surface area contributed by atoms with Crippen molar-refractivity contribution in [3.05, 3.63) is 52.4 Å². The monoisotopic (exact) mass is 462 g/mol. The molecule has 3 aromatic rings. The number of aromatic nitrogens is 1. The van der Waals surface area contributed by atoms with Gasteiger partial charge in [-0.1, -0.05) is 48.7 Å². The van der Waals surface area contributed by atoms with Crippen molar-refractivity contribution in [2.45, 2.75) is 63.3 Å².